The number of nitrogens with zero attached hydrogens (tertiary/aromatic N) is 1. The molecule has 0 bridgehead atoms. The standard InChI is InChI=1S/C14H16N2O5/c1-2-21-15-14(18)9-5-13(17)16(7-9)10-3-4-11-12(6-10)20-8-19-11/h3-4,6,9H,2,5,7-8H2,1H3,(H,15,18). The number of fused-ring (bicyclic) bond motifs is 1. The van der Waals surface area contributed by atoms with Crippen LogP contribution < -0.4 is 19.9 Å². The van der Waals surface area contributed by atoms with Crippen LogP contribution >= 0.6 is 0 Å². The molecule has 0 radical (unpaired) electrons. The van der Waals surface area contributed by atoms with Gasteiger partial charge in [0, 0.05) is 24.7 Å². The van der Waals surface area contributed by atoms with Gasteiger partial charge in [-0.25, -0.2) is 5.48 Å². The number of ether oxygens (including phenoxy) is 2. The maximum absolute atomic E-state index is 12.1. The average molecular weight is 292 g/mol. The molecule has 2 aliphatic rings. The molecule has 1 fully saturated rings. The SMILES string of the molecule is CCONC(=O)C1CC(=O)N(c2ccc3c(c2)OCO3)C1. The number of hydroxylamine groups is 1. The molecule has 0 saturated carbocycles. The van der Waals surface area contributed by atoms with Crippen LogP contribution in [0.25, 0.3) is 0 Å². The molecule has 0 aliphatic carbocycles. The maximum atomic E-state index is 12.1. The maximum Gasteiger partial charge on any atom is 0.248 e. The third-order valence-corrected chi connectivity index (χ3v) is 3.48. The van der Waals surface area contributed by atoms with E-state index in [4.69, 9.17) is 14.3 Å². The Labute approximate surface area is 121 Å². The van der Waals surface area contributed by atoms with Gasteiger partial charge in [0.15, 0.2) is 11.5 Å². The molecule has 21 heavy (non-hydrogen) atoms. The molecule has 1 aromatic rings. The van der Waals surface area contributed by atoms with E-state index in [1.165, 1.54) is 0 Å². The van der Waals surface area contributed by atoms with Crippen LogP contribution in [0.5, 0.6) is 11.5 Å². The summed E-state index contributed by atoms with van der Waals surface area (Å²) in [5.41, 5.74) is 3.05. The van der Waals surface area contributed by atoms with Crippen LogP contribution in [-0.4, -0.2) is 31.8 Å². The Kier molecular flexibility index (Phi) is 3.66. The molecule has 1 unspecified atom stereocenters. The first-order valence-electron chi connectivity index (χ1n) is 6.80. The van der Waals surface area contributed by atoms with Crippen molar-refractivity contribution in [1.29, 1.82) is 0 Å². The van der Waals surface area contributed by atoms with E-state index in [0.29, 0.717) is 30.3 Å². The van der Waals surface area contributed by atoms with E-state index in [-0.39, 0.29) is 25.0 Å². The molecule has 112 valence electrons. The number of hydrogen-bond donors (Lipinski definition) is 1. The van der Waals surface area contributed by atoms with Crippen LogP contribution in [0.4, 0.5) is 5.69 Å². The lowest BCUT2D eigenvalue weighted by Crippen LogP contribution is -2.33. The van der Waals surface area contributed by atoms with Gasteiger partial charge in [-0.3, -0.25) is 14.4 Å². The fourth-order valence-corrected chi connectivity index (χ4v) is 2.41. The zero-order chi connectivity index (χ0) is 14.8. The zero-order valence-electron chi connectivity index (χ0n) is 11.6. The van der Waals surface area contributed by atoms with Crippen LogP contribution in [-0.2, 0) is 14.4 Å². The van der Waals surface area contributed by atoms with Gasteiger partial charge in [-0.15, -0.1) is 0 Å². The predicted octanol–water partition coefficient (Wildman–Crippen LogP) is 0.836. The third kappa shape index (κ3) is 2.64. The molecule has 1 saturated heterocycles. The van der Waals surface area contributed by atoms with Gasteiger partial charge in [0.1, 0.15) is 0 Å². The molecule has 0 aromatic heterocycles. The van der Waals surface area contributed by atoms with Gasteiger partial charge in [-0.05, 0) is 19.1 Å². The molecule has 2 heterocycles. The minimum atomic E-state index is -0.408. The van der Waals surface area contributed by atoms with Crippen LogP contribution in [0, 0.1) is 5.92 Å². The van der Waals surface area contributed by atoms with Crippen molar-refractivity contribution < 1.29 is 23.9 Å². The Balaban J connectivity index is 1.72. The first kappa shape index (κ1) is 13.7. The molecular formula is C14H16N2O5. The normalized spacial score (nSPS) is 20.0. The highest BCUT2D eigenvalue weighted by atomic mass is 16.7. The highest BCUT2D eigenvalue weighted by Crippen LogP contribution is 2.37. The Morgan fingerprint density at radius 2 is 2.24 bits per heavy atom. The van der Waals surface area contributed by atoms with Crippen LogP contribution in [0.15, 0.2) is 18.2 Å². The van der Waals surface area contributed by atoms with Crippen molar-refractivity contribution in [3.63, 3.8) is 0 Å². The molecule has 2 aliphatic heterocycles. The van der Waals surface area contributed by atoms with Gasteiger partial charge < -0.3 is 14.4 Å². The van der Waals surface area contributed by atoms with E-state index in [1.807, 2.05) is 0 Å². The predicted molar refractivity (Wildman–Crippen MR) is 72.8 cm³/mol. The van der Waals surface area contributed by atoms with Gasteiger partial charge in [-0.1, -0.05) is 0 Å². The molecule has 7 nitrogen and oxygen atoms in total. The van der Waals surface area contributed by atoms with E-state index >= 15 is 0 Å². The molecule has 1 aromatic carbocycles. The van der Waals surface area contributed by atoms with E-state index in [2.05, 4.69) is 5.48 Å². The number of carbonyl (C=O) groups is 2. The van der Waals surface area contributed by atoms with E-state index in [0.717, 1.165) is 0 Å². The zero-order valence-corrected chi connectivity index (χ0v) is 11.6. The van der Waals surface area contributed by atoms with Gasteiger partial charge in [0.05, 0.1) is 12.5 Å². The van der Waals surface area contributed by atoms with Crippen molar-refractivity contribution in [3.8, 4) is 11.5 Å². The largest absolute Gasteiger partial charge is 0.454 e. The highest BCUT2D eigenvalue weighted by Gasteiger charge is 2.35. The van der Waals surface area contributed by atoms with Crippen molar-refractivity contribution >= 4 is 17.5 Å². The molecule has 1 N–H and O–H groups in total. The minimum absolute atomic E-state index is 0.0921. The van der Waals surface area contributed by atoms with Gasteiger partial charge in [-0.2, -0.15) is 0 Å². The topological polar surface area (TPSA) is 77.1 Å². The summed E-state index contributed by atoms with van der Waals surface area (Å²) < 4.78 is 10.5. The van der Waals surface area contributed by atoms with Crippen molar-refractivity contribution in [2.75, 3.05) is 24.8 Å². The second-order valence-electron chi connectivity index (χ2n) is 4.84. The quantitative estimate of drug-likeness (QED) is 0.832. The first-order chi connectivity index (χ1) is 10.2. The van der Waals surface area contributed by atoms with Gasteiger partial charge in [0.25, 0.3) is 0 Å². The third-order valence-electron chi connectivity index (χ3n) is 3.48. The summed E-state index contributed by atoms with van der Waals surface area (Å²) in [4.78, 5) is 30.4. The summed E-state index contributed by atoms with van der Waals surface area (Å²) in [6, 6.07) is 5.30. The second kappa shape index (κ2) is 5.61. The number of carbonyl (C=O) groups excluding carboxylic acids is 2. The summed E-state index contributed by atoms with van der Waals surface area (Å²) in [6.07, 6.45) is 0.174. The molecular weight excluding hydrogens is 276 g/mol. The van der Waals surface area contributed by atoms with E-state index in [1.54, 1.807) is 30.0 Å². The van der Waals surface area contributed by atoms with Crippen LogP contribution in [0.3, 0.4) is 0 Å². The number of rotatable bonds is 4. The molecule has 1 atom stereocenters. The van der Waals surface area contributed by atoms with Crippen molar-refractivity contribution in [3.05, 3.63) is 18.2 Å². The van der Waals surface area contributed by atoms with Crippen LogP contribution in [0.2, 0.25) is 0 Å². The summed E-state index contributed by atoms with van der Waals surface area (Å²) >= 11 is 0. The fourth-order valence-electron chi connectivity index (χ4n) is 2.41. The van der Waals surface area contributed by atoms with E-state index in [9.17, 15) is 9.59 Å². The van der Waals surface area contributed by atoms with Crippen molar-refractivity contribution in [2.45, 2.75) is 13.3 Å². The number of nitrogens with one attached hydrogen (secondary N) is 1. The second-order valence-corrected chi connectivity index (χ2v) is 4.84. The van der Waals surface area contributed by atoms with E-state index < -0.39 is 5.92 Å². The summed E-state index contributed by atoms with van der Waals surface area (Å²) in [5, 5.41) is 0. The summed E-state index contributed by atoms with van der Waals surface area (Å²) in [5.74, 6) is 0.506. The lowest BCUT2D eigenvalue weighted by atomic mass is 10.1. The summed E-state index contributed by atoms with van der Waals surface area (Å²) in [7, 11) is 0. The molecule has 3 rings (SSSR count). The lowest BCUT2D eigenvalue weighted by Gasteiger charge is -2.17. The Bertz CT molecular complexity index is 574. The fraction of sp³-hybridized carbons (Fsp3) is 0.429. The number of hydrogen-bond acceptors (Lipinski definition) is 5. The molecule has 7 heteroatoms. The molecule has 0 spiro atoms. The minimum Gasteiger partial charge on any atom is -0.454 e. The molecule has 2 amide bonds. The Morgan fingerprint density at radius 1 is 1.43 bits per heavy atom. The Hall–Kier alpha value is -2.28. The number of anilines is 1. The lowest BCUT2D eigenvalue weighted by molar-refractivity contribution is -0.137. The smallest absolute Gasteiger partial charge is 0.248 e. The van der Waals surface area contributed by atoms with Gasteiger partial charge in [0.2, 0.25) is 18.6 Å². The monoisotopic (exact) mass is 292 g/mol. The van der Waals surface area contributed by atoms with Crippen LogP contribution in [0.1, 0.15) is 13.3 Å². The Morgan fingerprint density at radius 3 is 3.05 bits per heavy atom. The van der Waals surface area contributed by atoms with Gasteiger partial charge >= 0.3 is 0 Å². The highest BCUT2D eigenvalue weighted by molar-refractivity contribution is 6.00. The van der Waals surface area contributed by atoms with Crippen molar-refractivity contribution in [2.24, 2.45) is 5.92 Å². The first-order valence-corrected chi connectivity index (χ1v) is 6.80. The number of amides is 2. The average Bonchev–Trinajstić information content (AvgIpc) is 3.10. The van der Waals surface area contributed by atoms with Crippen molar-refractivity contribution in [1.82, 2.24) is 5.48 Å². The summed E-state index contributed by atoms with van der Waals surface area (Å²) in [6.45, 7) is 2.68. The number of benzene rings is 1.